The smallest absolute Gasteiger partial charge is 0.338 e. The molecule has 0 aromatic heterocycles. The van der Waals surface area contributed by atoms with Crippen LogP contribution in [0.4, 0.5) is 4.79 Å². The fourth-order valence-corrected chi connectivity index (χ4v) is 1.91. The van der Waals surface area contributed by atoms with Gasteiger partial charge in [0.05, 0.1) is 19.3 Å². The van der Waals surface area contributed by atoms with Crippen LogP contribution in [0.5, 0.6) is 5.75 Å². The van der Waals surface area contributed by atoms with Crippen LogP contribution in [0.1, 0.15) is 36.7 Å². The molecule has 0 unspecified atom stereocenters. The van der Waals surface area contributed by atoms with Crippen molar-refractivity contribution in [3.05, 3.63) is 29.3 Å². The highest BCUT2D eigenvalue weighted by Crippen LogP contribution is 2.21. The van der Waals surface area contributed by atoms with Gasteiger partial charge in [-0.15, -0.1) is 0 Å². The van der Waals surface area contributed by atoms with E-state index in [1.54, 1.807) is 26.0 Å². The highest BCUT2D eigenvalue weighted by atomic mass is 16.5. The molecule has 0 saturated heterocycles. The van der Waals surface area contributed by atoms with Crippen LogP contribution in [-0.2, 0) is 20.9 Å². The predicted octanol–water partition coefficient (Wildman–Crippen LogP) is 1.62. The SMILES string of the molecule is CCOCc1cc(C(=O)OCC(=O)NC(=O)NC(C)C)ccc1OC. The van der Waals surface area contributed by atoms with Gasteiger partial charge in [-0.05, 0) is 39.0 Å². The fourth-order valence-electron chi connectivity index (χ4n) is 1.91. The molecule has 0 aliphatic heterocycles. The van der Waals surface area contributed by atoms with E-state index < -0.39 is 24.5 Å². The van der Waals surface area contributed by atoms with Crippen molar-refractivity contribution < 1.29 is 28.6 Å². The molecule has 2 N–H and O–H groups in total. The Hall–Kier alpha value is -2.61. The summed E-state index contributed by atoms with van der Waals surface area (Å²) in [5.74, 6) is -0.803. The third-order valence-electron chi connectivity index (χ3n) is 2.98. The Balaban J connectivity index is 2.62. The number of urea groups is 1. The topological polar surface area (TPSA) is 103 Å². The van der Waals surface area contributed by atoms with Gasteiger partial charge in [-0.25, -0.2) is 9.59 Å². The zero-order valence-corrected chi connectivity index (χ0v) is 14.9. The van der Waals surface area contributed by atoms with Gasteiger partial charge in [-0.3, -0.25) is 10.1 Å². The minimum Gasteiger partial charge on any atom is -0.496 e. The molecule has 0 atom stereocenters. The number of hydrogen-bond acceptors (Lipinski definition) is 6. The van der Waals surface area contributed by atoms with Crippen LogP contribution in [0.2, 0.25) is 0 Å². The Morgan fingerprint density at radius 2 is 1.92 bits per heavy atom. The van der Waals surface area contributed by atoms with E-state index in [-0.39, 0.29) is 18.2 Å². The standard InChI is InChI=1S/C17H24N2O6/c1-5-24-9-13-8-12(6-7-14(13)23-4)16(21)25-10-15(20)19-17(22)18-11(2)3/h6-8,11H,5,9-10H2,1-4H3,(H2,18,19,20,22). The molecule has 8 heteroatoms. The molecule has 3 amide bonds. The normalized spacial score (nSPS) is 10.3. The summed E-state index contributed by atoms with van der Waals surface area (Å²) in [6.45, 7) is 5.63. The highest BCUT2D eigenvalue weighted by molar-refractivity contribution is 5.97. The van der Waals surface area contributed by atoms with Gasteiger partial charge >= 0.3 is 12.0 Å². The van der Waals surface area contributed by atoms with Crippen molar-refractivity contribution in [2.45, 2.75) is 33.4 Å². The number of ether oxygens (including phenoxy) is 3. The largest absolute Gasteiger partial charge is 0.496 e. The van der Waals surface area contributed by atoms with E-state index in [2.05, 4.69) is 10.6 Å². The van der Waals surface area contributed by atoms with Crippen molar-refractivity contribution in [3.8, 4) is 5.75 Å². The van der Waals surface area contributed by atoms with Gasteiger partial charge in [0.15, 0.2) is 6.61 Å². The van der Waals surface area contributed by atoms with Crippen molar-refractivity contribution in [2.75, 3.05) is 20.3 Å². The molecule has 0 aliphatic rings. The number of benzene rings is 1. The number of esters is 1. The van der Waals surface area contributed by atoms with Gasteiger partial charge in [0.1, 0.15) is 5.75 Å². The summed E-state index contributed by atoms with van der Waals surface area (Å²) >= 11 is 0. The van der Waals surface area contributed by atoms with Gasteiger partial charge < -0.3 is 19.5 Å². The lowest BCUT2D eigenvalue weighted by Crippen LogP contribution is -2.44. The van der Waals surface area contributed by atoms with Crippen molar-refractivity contribution in [1.82, 2.24) is 10.6 Å². The van der Waals surface area contributed by atoms with E-state index in [0.29, 0.717) is 17.9 Å². The van der Waals surface area contributed by atoms with E-state index in [1.165, 1.54) is 13.2 Å². The Bertz CT molecular complexity index is 615. The first kappa shape index (κ1) is 20.4. The molecule has 1 aromatic carbocycles. The average molecular weight is 352 g/mol. The van der Waals surface area contributed by atoms with Gasteiger partial charge in [0.2, 0.25) is 0 Å². The van der Waals surface area contributed by atoms with Crippen molar-refractivity contribution in [2.24, 2.45) is 0 Å². The number of carbonyl (C=O) groups excluding carboxylic acids is 3. The van der Waals surface area contributed by atoms with Gasteiger partial charge in [-0.2, -0.15) is 0 Å². The zero-order chi connectivity index (χ0) is 18.8. The molecule has 1 aromatic rings. The summed E-state index contributed by atoms with van der Waals surface area (Å²) in [7, 11) is 1.52. The molecular formula is C17H24N2O6. The van der Waals surface area contributed by atoms with Crippen LogP contribution in [-0.4, -0.2) is 44.3 Å². The highest BCUT2D eigenvalue weighted by Gasteiger charge is 2.15. The minimum absolute atomic E-state index is 0.113. The molecule has 25 heavy (non-hydrogen) atoms. The molecule has 0 saturated carbocycles. The lowest BCUT2D eigenvalue weighted by atomic mass is 10.1. The molecular weight excluding hydrogens is 328 g/mol. The van der Waals surface area contributed by atoms with E-state index in [0.717, 1.165) is 0 Å². The van der Waals surface area contributed by atoms with Crippen LogP contribution < -0.4 is 15.4 Å². The third-order valence-corrected chi connectivity index (χ3v) is 2.98. The Kier molecular flexibility index (Phi) is 8.42. The molecule has 0 aliphatic carbocycles. The second-order valence-corrected chi connectivity index (χ2v) is 5.42. The number of imide groups is 1. The second kappa shape index (κ2) is 10.3. The Morgan fingerprint density at radius 1 is 1.20 bits per heavy atom. The van der Waals surface area contributed by atoms with Crippen molar-refractivity contribution >= 4 is 17.9 Å². The summed E-state index contributed by atoms with van der Waals surface area (Å²) in [6, 6.07) is 3.99. The second-order valence-electron chi connectivity index (χ2n) is 5.42. The summed E-state index contributed by atoms with van der Waals surface area (Å²) in [5.41, 5.74) is 0.953. The van der Waals surface area contributed by atoms with Crippen molar-refractivity contribution in [1.29, 1.82) is 0 Å². The first-order chi connectivity index (χ1) is 11.9. The van der Waals surface area contributed by atoms with E-state index in [4.69, 9.17) is 14.2 Å². The number of carbonyl (C=O) groups is 3. The molecule has 138 valence electrons. The lowest BCUT2D eigenvalue weighted by molar-refractivity contribution is -0.123. The van der Waals surface area contributed by atoms with Gasteiger partial charge in [0, 0.05) is 18.2 Å². The van der Waals surface area contributed by atoms with E-state index >= 15 is 0 Å². The first-order valence-corrected chi connectivity index (χ1v) is 7.89. The molecule has 0 radical (unpaired) electrons. The monoisotopic (exact) mass is 352 g/mol. The van der Waals surface area contributed by atoms with Crippen LogP contribution >= 0.6 is 0 Å². The predicted molar refractivity (Wildman–Crippen MR) is 90.4 cm³/mol. The summed E-state index contributed by atoms with van der Waals surface area (Å²) in [6.07, 6.45) is 0. The van der Waals surface area contributed by atoms with Crippen LogP contribution in [0.15, 0.2) is 18.2 Å². The molecule has 8 nitrogen and oxygen atoms in total. The van der Waals surface area contributed by atoms with Crippen molar-refractivity contribution in [3.63, 3.8) is 0 Å². The maximum Gasteiger partial charge on any atom is 0.338 e. The molecule has 0 fully saturated rings. The minimum atomic E-state index is -0.713. The van der Waals surface area contributed by atoms with Crippen LogP contribution in [0, 0.1) is 0 Å². The number of methoxy groups -OCH3 is 1. The number of hydrogen-bond donors (Lipinski definition) is 2. The molecule has 0 heterocycles. The molecule has 1 rings (SSSR count). The van der Waals surface area contributed by atoms with Crippen LogP contribution in [0.25, 0.3) is 0 Å². The zero-order valence-electron chi connectivity index (χ0n) is 14.9. The summed E-state index contributed by atoms with van der Waals surface area (Å²) in [4.78, 5) is 35.0. The first-order valence-electron chi connectivity index (χ1n) is 7.89. The Morgan fingerprint density at radius 3 is 2.52 bits per heavy atom. The van der Waals surface area contributed by atoms with E-state index in [9.17, 15) is 14.4 Å². The maximum absolute atomic E-state index is 12.1. The fraction of sp³-hybridized carbons (Fsp3) is 0.471. The molecule has 0 bridgehead atoms. The lowest BCUT2D eigenvalue weighted by Gasteiger charge is -2.11. The van der Waals surface area contributed by atoms with Crippen LogP contribution in [0.3, 0.4) is 0 Å². The quantitative estimate of drug-likeness (QED) is 0.689. The Labute approximate surface area is 146 Å². The number of nitrogens with one attached hydrogen (secondary N) is 2. The number of amides is 3. The summed E-state index contributed by atoms with van der Waals surface area (Å²) < 4.78 is 15.5. The summed E-state index contributed by atoms with van der Waals surface area (Å²) in [5, 5.41) is 4.56. The maximum atomic E-state index is 12.1. The third kappa shape index (κ3) is 7.21. The van der Waals surface area contributed by atoms with E-state index in [1.807, 2.05) is 6.92 Å². The van der Waals surface area contributed by atoms with Gasteiger partial charge in [0.25, 0.3) is 5.91 Å². The average Bonchev–Trinajstić information content (AvgIpc) is 2.56. The number of rotatable bonds is 8. The van der Waals surface area contributed by atoms with Gasteiger partial charge in [-0.1, -0.05) is 0 Å². The molecule has 0 spiro atoms.